The number of hydrogen-bond acceptors (Lipinski definition) is 12. The number of rotatable bonds is 20. The molecular weight excluding hydrogens is 702 g/mol. The van der Waals surface area contributed by atoms with Crippen molar-refractivity contribution in [2.24, 2.45) is 0 Å². The second-order valence-electron chi connectivity index (χ2n) is 12.3. The van der Waals surface area contributed by atoms with Crippen molar-refractivity contribution in [2.45, 2.75) is 49.2 Å². The molecule has 7 atom stereocenters. The number of carbonyl (C=O) groups is 3. The number of aliphatic hydroxyl groups is 4. The van der Waals surface area contributed by atoms with Gasteiger partial charge in [-0.1, -0.05) is 66.6 Å². The monoisotopic (exact) mass is 749 g/mol. The van der Waals surface area contributed by atoms with Crippen LogP contribution in [0.25, 0.3) is 11.1 Å². The third kappa shape index (κ3) is 12.3. The molecule has 0 bridgehead atoms. The smallest absolute Gasteiger partial charge is 0.251 e. The molecule has 1 heterocycles. The van der Waals surface area contributed by atoms with E-state index in [1.165, 1.54) is 19.2 Å². The van der Waals surface area contributed by atoms with Crippen LogP contribution in [0.4, 0.5) is 0 Å². The molecule has 54 heavy (non-hydrogen) atoms. The average Bonchev–Trinajstić information content (AvgIpc) is 3.20. The van der Waals surface area contributed by atoms with E-state index in [0.29, 0.717) is 5.75 Å². The summed E-state index contributed by atoms with van der Waals surface area (Å²) >= 11 is 0. The van der Waals surface area contributed by atoms with Crippen LogP contribution in [0.2, 0.25) is 0 Å². The molecule has 15 heteroatoms. The van der Waals surface area contributed by atoms with Crippen LogP contribution >= 0.6 is 0 Å². The molecule has 0 saturated carbocycles. The summed E-state index contributed by atoms with van der Waals surface area (Å²) in [6.07, 6.45) is -3.03. The lowest BCUT2D eigenvalue weighted by Gasteiger charge is -2.47. The van der Waals surface area contributed by atoms with Gasteiger partial charge in [0.25, 0.3) is 5.91 Å². The summed E-state index contributed by atoms with van der Waals surface area (Å²) < 4.78 is 27.5. The van der Waals surface area contributed by atoms with Crippen LogP contribution in [-0.2, 0) is 35.0 Å². The molecule has 0 radical (unpaired) electrons. The number of nitrogens with one attached hydrogen (secondary N) is 3. The van der Waals surface area contributed by atoms with E-state index in [-0.39, 0.29) is 45.0 Å². The summed E-state index contributed by atoms with van der Waals surface area (Å²) in [5.41, 5.74) is 2.88. The predicted molar refractivity (Wildman–Crippen MR) is 195 cm³/mol. The maximum absolute atomic E-state index is 13.4. The van der Waals surface area contributed by atoms with Gasteiger partial charge in [0.2, 0.25) is 11.8 Å². The molecule has 3 aromatic rings. The van der Waals surface area contributed by atoms with Gasteiger partial charge in [0.05, 0.1) is 58.1 Å². The number of benzene rings is 3. The Morgan fingerprint density at radius 1 is 0.870 bits per heavy atom. The largest absolute Gasteiger partial charge is 0.497 e. The first kappa shape index (κ1) is 41.9. The summed E-state index contributed by atoms with van der Waals surface area (Å²) in [6, 6.07) is 20.5. The van der Waals surface area contributed by atoms with E-state index < -0.39 is 73.7 Å². The Labute approximate surface area is 313 Å². The van der Waals surface area contributed by atoms with Gasteiger partial charge < -0.3 is 60.1 Å². The van der Waals surface area contributed by atoms with E-state index in [2.05, 4.69) is 21.9 Å². The van der Waals surface area contributed by atoms with E-state index in [1.54, 1.807) is 12.1 Å². The predicted octanol–water partition coefficient (Wildman–Crippen LogP) is -0.213. The van der Waals surface area contributed by atoms with Crippen LogP contribution in [0.1, 0.15) is 15.9 Å². The minimum atomic E-state index is -1.82. The number of methoxy groups -OCH3 is 1. The fraction of sp³-hybridized carbons (Fsp3) is 0.410. The lowest BCUT2D eigenvalue weighted by Crippen LogP contribution is -2.72. The number of carbonyl (C=O) groups excluding carboxylic acids is 3. The Morgan fingerprint density at radius 3 is 2.28 bits per heavy atom. The van der Waals surface area contributed by atoms with Crippen molar-refractivity contribution >= 4 is 17.7 Å². The SMILES string of the molecule is C#CCOCCOCCO[C@@H]1O[C@@H]([C@H](O)[C@H](O)CNC(=O)Cc2ccc(-c3ccccc3)cc2)[C@H](NC(=O)CO)[C@@H](NC(=O)c2cccc(OC)c2)[C@@H]1O. The Morgan fingerprint density at radius 2 is 1.57 bits per heavy atom. The first-order valence-corrected chi connectivity index (χ1v) is 17.3. The highest BCUT2D eigenvalue weighted by molar-refractivity contribution is 5.95. The van der Waals surface area contributed by atoms with E-state index in [4.69, 9.17) is 30.1 Å². The second-order valence-corrected chi connectivity index (χ2v) is 12.3. The van der Waals surface area contributed by atoms with Crippen LogP contribution < -0.4 is 20.7 Å². The highest BCUT2D eigenvalue weighted by atomic mass is 16.7. The third-order valence-electron chi connectivity index (χ3n) is 8.51. The van der Waals surface area contributed by atoms with Crippen molar-refractivity contribution in [1.29, 1.82) is 0 Å². The van der Waals surface area contributed by atoms with E-state index >= 15 is 0 Å². The lowest BCUT2D eigenvalue weighted by atomic mass is 9.88. The molecule has 290 valence electrons. The first-order chi connectivity index (χ1) is 26.1. The molecule has 7 N–H and O–H groups in total. The number of terminal acetylenes is 1. The van der Waals surface area contributed by atoms with Crippen LogP contribution in [-0.4, -0.2) is 134 Å². The van der Waals surface area contributed by atoms with Crippen LogP contribution in [0.15, 0.2) is 78.9 Å². The van der Waals surface area contributed by atoms with Crippen molar-refractivity contribution in [3.05, 3.63) is 90.0 Å². The van der Waals surface area contributed by atoms with Gasteiger partial charge in [0.15, 0.2) is 6.29 Å². The molecule has 1 aliphatic heterocycles. The standard InChI is InChI=1S/C39H47N3O12/c1-3-16-51-17-18-52-19-20-53-39-36(48)33(42-38(49)28-10-7-11-29(22-28)50-2)34(41-32(46)24-43)37(54-39)35(47)30(44)23-40-31(45)21-25-12-14-27(15-13-25)26-8-5-4-6-9-26/h1,4-15,22,30,33-37,39,43-44,47-48H,16-21,23-24H2,2H3,(H,40,45)(H,41,46)(H,42,49)/t30-,33-,34-,35-,36+,37-,39-/m1/s1. The zero-order valence-electron chi connectivity index (χ0n) is 29.8. The molecule has 0 aromatic heterocycles. The zero-order valence-corrected chi connectivity index (χ0v) is 29.8. The molecule has 3 aromatic carbocycles. The van der Waals surface area contributed by atoms with Gasteiger partial charge in [0, 0.05) is 12.1 Å². The third-order valence-corrected chi connectivity index (χ3v) is 8.51. The van der Waals surface area contributed by atoms with Gasteiger partial charge in [-0.2, -0.15) is 0 Å². The van der Waals surface area contributed by atoms with Crippen molar-refractivity contribution in [3.8, 4) is 29.2 Å². The summed E-state index contributed by atoms with van der Waals surface area (Å²) in [5.74, 6) is 0.678. The average molecular weight is 750 g/mol. The molecule has 1 fully saturated rings. The number of hydrogen-bond donors (Lipinski definition) is 7. The van der Waals surface area contributed by atoms with Crippen LogP contribution in [0.3, 0.4) is 0 Å². The molecule has 1 saturated heterocycles. The highest BCUT2D eigenvalue weighted by Gasteiger charge is 2.50. The molecule has 15 nitrogen and oxygen atoms in total. The van der Waals surface area contributed by atoms with E-state index in [9.17, 15) is 34.8 Å². The summed E-state index contributed by atoms with van der Waals surface area (Å²) in [7, 11) is 1.43. The lowest BCUT2D eigenvalue weighted by molar-refractivity contribution is -0.277. The van der Waals surface area contributed by atoms with Gasteiger partial charge in [-0.15, -0.1) is 6.42 Å². The summed E-state index contributed by atoms with van der Waals surface area (Å²) in [6.45, 7) is -0.914. The van der Waals surface area contributed by atoms with E-state index in [0.717, 1.165) is 16.7 Å². The maximum Gasteiger partial charge on any atom is 0.251 e. The Hall–Kier alpha value is -4.89. The first-order valence-electron chi connectivity index (χ1n) is 17.3. The molecular formula is C39H47N3O12. The van der Waals surface area contributed by atoms with Crippen molar-refractivity contribution < 1.29 is 58.5 Å². The van der Waals surface area contributed by atoms with E-state index in [1.807, 2.05) is 54.6 Å². The molecule has 0 spiro atoms. The minimum Gasteiger partial charge on any atom is -0.497 e. The Bertz CT molecular complexity index is 1670. The van der Waals surface area contributed by atoms with Crippen molar-refractivity contribution in [1.82, 2.24) is 16.0 Å². The normalized spacial score (nSPS) is 20.6. The fourth-order valence-corrected chi connectivity index (χ4v) is 5.74. The van der Waals surface area contributed by atoms with Gasteiger partial charge >= 0.3 is 0 Å². The Kier molecular flexibility index (Phi) is 16.8. The zero-order chi connectivity index (χ0) is 38.9. The summed E-state index contributed by atoms with van der Waals surface area (Å²) in [4.78, 5) is 38.8. The molecule has 0 unspecified atom stereocenters. The van der Waals surface area contributed by atoms with Crippen LogP contribution in [0.5, 0.6) is 5.75 Å². The van der Waals surface area contributed by atoms with Crippen molar-refractivity contribution in [2.75, 3.05) is 53.3 Å². The summed E-state index contributed by atoms with van der Waals surface area (Å²) in [5, 5.41) is 51.3. The minimum absolute atomic E-state index is 0.00835. The number of aliphatic hydroxyl groups excluding tert-OH is 4. The van der Waals surface area contributed by atoms with Gasteiger partial charge in [-0.25, -0.2) is 0 Å². The molecule has 1 aliphatic rings. The molecule has 4 rings (SSSR count). The quantitative estimate of drug-likeness (QED) is 0.0591. The van der Waals surface area contributed by atoms with Gasteiger partial charge in [-0.05, 0) is 34.9 Å². The van der Waals surface area contributed by atoms with Gasteiger partial charge in [0.1, 0.15) is 37.3 Å². The highest BCUT2D eigenvalue weighted by Crippen LogP contribution is 2.27. The maximum atomic E-state index is 13.4. The number of amides is 3. The second kappa shape index (κ2) is 21.7. The van der Waals surface area contributed by atoms with Crippen molar-refractivity contribution in [3.63, 3.8) is 0 Å². The Balaban J connectivity index is 1.47. The van der Waals surface area contributed by atoms with Crippen LogP contribution in [0, 0.1) is 12.3 Å². The van der Waals surface area contributed by atoms with Gasteiger partial charge in [-0.3, -0.25) is 14.4 Å². The topological polar surface area (TPSA) is 214 Å². The fourth-order valence-electron chi connectivity index (χ4n) is 5.74. The number of ether oxygens (including phenoxy) is 5. The molecule has 0 aliphatic carbocycles. The molecule has 3 amide bonds.